The fraction of sp³-hybridized carbons (Fsp3) is 0.625. The molecule has 2 aliphatic rings. The third kappa shape index (κ3) is 3.00. The lowest BCUT2D eigenvalue weighted by molar-refractivity contribution is -0.137. The monoisotopic (exact) mass is 283 g/mol. The Balaban J connectivity index is 1.51. The molecule has 2 aliphatic carbocycles. The van der Waals surface area contributed by atoms with Gasteiger partial charge in [-0.1, -0.05) is 24.6 Å². The molecule has 0 heterocycles. The molecule has 2 saturated carbocycles. The minimum atomic E-state index is -4.25. The smallest absolute Gasteiger partial charge is 0.312 e. The van der Waals surface area contributed by atoms with E-state index in [2.05, 4.69) is 5.32 Å². The van der Waals surface area contributed by atoms with Gasteiger partial charge in [0.1, 0.15) is 0 Å². The van der Waals surface area contributed by atoms with Gasteiger partial charge in [0.2, 0.25) is 0 Å². The van der Waals surface area contributed by atoms with Crippen molar-refractivity contribution < 1.29 is 13.2 Å². The van der Waals surface area contributed by atoms with Crippen molar-refractivity contribution in [1.29, 1.82) is 0 Å². The fourth-order valence-corrected chi connectivity index (χ4v) is 3.89. The van der Waals surface area contributed by atoms with Gasteiger partial charge in [-0.05, 0) is 55.2 Å². The first-order chi connectivity index (χ1) is 9.52. The van der Waals surface area contributed by atoms with Crippen molar-refractivity contribution in [2.45, 2.75) is 38.4 Å². The van der Waals surface area contributed by atoms with Gasteiger partial charge in [0.05, 0.1) is 5.56 Å². The number of hydrogen-bond acceptors (Lipinski definition) is 1. The van der Waals surface area contributed by atoms with Gasteiger partial charge in [-0.3, -0.25) is 0 Å². The summed E-state index contributed by atoms with van der Waals surface area (Å²) >= 11 is 0. The summed E-state index contributed by atoms with van der Waals surface area (Å²) in [6.45, 7) is 1.47. The van der Waals surface area contributed by atoms with Gasteiger partial charge in [-0.2, -0.15) is 13.2 Å². The first-order valence-corrected chi connectivity index (χ1v) is 7.39. The number of benzene rings is 1. The number of fused-ring (bicyclic) bond motifs is 2. The Morgan fingerprint density at radius 2 is 2.00 bits per heavy atom. The van der Waals surface area contributed by atoms with Crippen molar-refractivity contribution in [3.63, 3.8) is 0 Å². The van der Waals surface area contributed by atoms with E-state index in [4.69, 9.17) is 0 Å². The molecule has 2 fully saturated rings. The largest absolute Gasteiger partial charge is 0.416 e. The van der Waals surface area contributed by atoms with E-state index in [1.807, 2.05) is 0 Å². The second-order valence-corrected chi connectivity index (χ2v) is 6.26. The lowest BCUT2D eigenvalue weighted by Crippen LogP contribution is -2.26. The second kappa shape index (κ2) is 5.40. The molecule has 0 radical (unpaired) electrons. The highest BCUT2D eigenvalue weighted by Gasteiger charge is 2.38. The summed E-state index contributed by atoms with van der Waals surface area (Å²) in [5, 5.41) is 3.34. The van der Waals surface area contributed by atoms with Crippen LogP contribution in [0.15, 0.2) is 24.3 Å². The third-order valence-electron chi connectivity index (χ3n) is 4.87. The second-order valence-electron chi connectivity index (χ2n) is 6.26. The molecule has 1 N–H and O–H groups in total. The van der Waals surface area contributed by atoms with E-state index >= 15 is 0 Å². The SMILES string of the molecule is FC(F)(F)c1cccc(CNCC2CC3CCC2C3)c1. The standard InChI is InChI=1S/C16H20F3N/c17-16(18,19)15-3-1-2-12(8-15)9-20-10-14-7-11-4-5-13(14)6-11/h1-3,8,11,13-14,20H,4-7,9-10H2. The van der Waals surface area contributed by atoms with Crippen molar-refractivity contribution in [2.24, 2.45) is 17.8 Å². The van der Waals surface area contributed by atoms with E-state index in [1.54, 1.807) is 6.07 Å². The summed E-state index contributed by atoms with van der Waals surface area (Å²) in [5.41, 5.74) is 0.153. The van der Waals surface area contributed by atoms with Gasteiger partial charge in [0, 0.05) is 6.54 Å². The summed E-state index contributed by atoms with van der Waals surface area (Å²) in [4.78, 5) is 0. The zero-order chi connectivity index (χ0) is 14.2. The Morgan fingerprint density at radius 1 is 1.15 bits per heavy atom. The molecule has 0 saturated heterocycles. The minimum Gasteiger partial charge on any atom is -0.312 e. The van der Waals surface area contributed by atoms with E-state index in [9.17, 15) is 13.2 Å². The molecular weight excluding hydrogens is 263 g/mol. The zero-order valence-corrected chi connectivity index (χ0v) is 11.4. The van der Waals surface area contributed by atoms with E-state index in [0.29, 0.717) is 12.1 Å². The van der Waals surface area contributed by atoms with Crippen LogP contribution in [0.4, 0.5) is 13.2 Å². The van der Waals surface area contributed by atoms with Crippen LogP contribution in [0.3, 0.4) is 0 Å². The van der Waals surface area contributed by atoms with E-state index < -0.39 is 11.7 Å². The average molecular weight is 283 g/mol. The predicted molar refractivity (Wildman–Crippen MR) is 72.1 cm³/mol. The Hall–Kier alpha value is -1.03. The van der Waals surface area contributed by atoms with Gasteiger partial charge in [0.25, 0.3) is 0 Å². The molecule has 0 aromatic heterocycles. The average Bonchev–Trinajstić information content (AvgIpc) is 3.00. The molecule has 1 aromatic carbocycles. The van der Waals surface area contributed by atoms with Crippen LogP contribution in [0.1, 0.15) is 36.8 Å². The first kappa shape index (κ1) is 13.9. The van der Waals surface area contributed by atoms with Gasteiger partial charge < -0.3 is 5.32 Å². The van der Waals surface area contributed by atoms with Crippen molar-refractivity contribution in [2.75, 3.05) is 6.54 Å². The van der Waals surface area contributed by atoms with Gasteiger partial charge in [-0.25, -0.2) is 0 Å². The number of rotatable bonds is 4. The molecule has 3 unspecified atom stereocenters. The maximum Gasteiger partial charge on any atom is 0.416 e. The summed E-state index contributed by atoms with van der Waals surface area (Å²) < 4.78 is 37.9. The van der Waals surface area contributed by atoms with Crippen LogP contribution in [0, 0.1) is 17.8 Å². The minimum absolute atomic E-state index is 0.526. The normalized spacial score (nSPS) is 29.1. The number of nitrogens with one attached hydrogen (secondary N) is 1. The highest BCUT2D eigenvalue weighted by Crippen LogP contribution is 2.47. The Kier molecular flexibility index (Phi) is 3.76. The molecular formula is C16H20F3N. The molecule has 4 heteroatoms. The lowest BCUT2D eigenvalue weighted by atomic mass is 9.89. The summed E-state index contributed by atoms with van der Waals surface area (Å²) in [6, 6.07) is 5.60. The number of hydrogen-bond donors (Lipinski definition) is 1. The van der Waals surface area contributed by atoms with Gasteiger partial charge in [0.15, 0.2) is 0 Å². The van der Waals surface area contributed by atoms with Crippen LogP contribution in [0.2, 0.25) is 0 Å². The quantitative estimate of drug-likeness (QED) is 0.872. The summed E-state index contributed by atoms with van der Waals surface area (Å²) in [5.74, 6) is 2.51. The van der Waals surface area contributed by atoms with Gasteiger partial charge >= 0.3 is 6.18 Å². The van der Waals surface area contributed by atoms with Crippen LogP contribution in [0.5, 0.6) is 0 Å². The summed E-state index contributed by atoms with van der Waals surface area (Å²) in [7, 11) is 0. The van der Waals surface area contributed by atoms with Crippen LogP contribution in [-0.4, -0.2) is 6.54 Å². The third-order valence-corrected chi connectivity index (χ3v) is 4.87. The molecule has 3 atom stereocenters. The lowest BCUT2D eigenvalue weighted by Gasteiger charge is -2.22. The highest BCUT2D eigenvalue weighted by molar-refractivity contribution is 5.25. The maximum absolute atomic E-state index is 12.6. The van der Waals surface area contributed by atoms with Crippen LogP contribution < -0.4 is 5.32 Å². The first-order valence-electron chi connectivity index (χ1n) is 7.39. The van der Waals surface area contributed by atoms with Crippen molar-refractivity contribution in [3.8, 4) is 0 Å². The van der Waals surface area contributed by atoms with Crippen LogP contribution >= 0.6 is 0 Å². The molecule has 0 amide bonds. The molecule has 20 heavy (non-hydrogen) atoms. The molecule has 3 rings (SSSR count). The topological polar surface area (TPSA) is 12.0 Å². The van der Waals surface area contributed by atoms with Gasteiger partial charge in [-0.15, -0.1) is 0 Å². The zero-order valence-electron chi connectivity index (χ0n) is 11.4. The molecule has 0 spiro atoms. The highest BCUT2D eigenvalue weighted by atomic mass is 19.4. The van der Waals surface area contributed by atoms with Crippen molar-refractivity contribution in [3.05, 3.63) is 35.4 Å². The number of halogens is 3. The van der Waals surface area contributed by atoms with E-state index in [1.165, 1.54) is 37.8 Å². The molecule has 2 bridgehead atoms. The maximum atomic E-state index is 12.6. The van der Waals surface area contributed by atoms with Crippen LogP contribution in [0.25, 0.3) is 0 Å². The molecule has 1 aromatic rings. The fourth-order valence-electron chi connectivity index (χ4n) is 3.89. The Labute approximate surface area is 117 Å². The van der Waals surface area contributed by atoms with E-state index in [0.717, 1.165) is 30.4 Å². The summed E-state index contributed by atoms with van der Waals surface area (Å²) in [6.07, 6.45) is 1.16. The Morgan fingerprint density at radius 3 is 2.65 bits per heavy atom. The number of alkyl halides is 3. The van der Waals surface area contributed by atoms with E-state index in [-0.39, 0.29) is 0 Å². The van der Waals surface area contributed by atoms with Crippen molar-refractivity contribution in [1.82, 2.24) is 5.32 Å². The molecule has 110 valence electrons. The van der Waals surface area contributed by atoms with Crippen molar-refractivity contribution >= 4 is 0 Å². The van der Waals surface area contributed by atoms with Crippen LogP contribution in [-0.2, 0) is 12.7 Å². The Bertz CT molecular complexity index is 469. The molecule has 1 nitrogen and oxygen atoms in total. The predicted octanol–water partition coefficient (Wildman–Crippen LogP) is 4.23. The molecule has 0 aliphatic heterocycles.